The smallest absolute Gasteiger partial charge is 0.322 e. The molecule has 0 aliphatic heterocycles. The monoisotopic (exact) mass is 445 g/mol. The molecule has 8 heteroatoms. The summed E-state index contributed by atoms with van der Waals surface area (Å²) in [5.41, 5.74) is 2.12. The molecule has 2 aromatic carbocycles. The molecule has 0 unspecified atom stereocenters. The summed E-state index contributed by atoms with van der Waals surface area (Å²) in [6.07, 6.45) is 1.56. The van der Waals surface area contributed by atoms with E-state index in [1.165, 1.54) is 17.3 Å². The van der Waals surface area contributed by atoms with Gasteiger partial charge in [-0.3, -0.25) is 14.2 Å². The van der Waals surface area contributed by atoms with Gasteiger partial charge in [0.1, 0.15) is 11.7 Å². The van der Waals surface area contributed by atoms with Gasteiger partial charge in [-0.05, 0) is 36.8 Å². The number of fused-ring (bicyclic) bond motifs is 1. The van der Waals surface area contributed by atoms with E-state index in [1.807, 2.05) is 28.8 Å². The Morgan fingerprint density at radius 2 is 1.87 bits per heavy atom. The summed E-state index contributed by atoms with van der Waals surface area (Å²) in [5, 5.41) is 14.4. The lowest BCUT2D eigenvalue weighted by Crippen LogP contribution is -2.42. The number of halogens is 1. The minimum atomic E-state index is -1.09. The van der Waals surface area contributed by atoms with Gasteiger partial charge < -0.3 is 10.4 Å². The summed E-state index contributed by atoms with van der Waals surface area (Å²) in [6, 6.07) is 12.3. The molecule has 3 rings (SSSR count). The van der Waals surface area contributed by atoms with E-state index >= 15 is 0 Å². The van der Waals surface area contributed by atoms with Crippen LogP contribution in [-0.2, 0) is 9.59 Å². The Hall–Kier alpha value is -2.51. The SMILES string of the molecule is CC(C)c1ccc(-n2c(Cl)cnc2SC(C)(C)C(=O)NCC(=O)O)c2ccccc12. The Morgan fingerprint density at radius 1 is 1.20 bits per heavy atom. The second kappa shape index (κ2) is 8.70. The number of aliphatic carboxylic acids is 1. The van der Waals surface area contributed by atoms with Crippen molar-refractivity contribution in [3.8, 4) is 5.69 Å². The quantitative estimate of drug-likeness (QED) is 0.506. The molecule has 0 saturated heterocycles. The molecule has 0 spiro atoms. The maximum absolute atomic E-state index is 12.5. The van der Waals surface area contributed by atoms with Crippen molar-refractivity contribution in [2.24, 2.45) is 0 Å². The van der Waals surface area contributed by atoms with Crippen molar-refractivity contribution in [3.05, 3.63) is 53.3 Å². The standard InChI is InChI=1S/C22H24ClN3O3S/c1-13(2)14-9-10-17(16-8-6-5-7-15(14)16)26-18(23)11-25-21(26)30-22(3,4)20(29)24-12-19(27)28/h5-11,13H,12H2,1-4H3,(H,24,29)(H,27,28). The summed E-state index contributed by atoms with van der Waals surface area (Å²) in [4.78, 5) is 27.7. The van der Waals surface area contributed by atoms with Crippen molar-refractivity contribution in [1.29, 1.82) is 0 Å². The highest BCUT2D eigenvalue weighted by molar-refractivity contribution is 8.01. The van der Waals surface area contributed by atoms with E-state index in [4.69, 9.17) is 16.7 Å². The first-order valence-electron chi connectivity index (χ1n) is 9.56. The number of rotatable bonds is 7. The number of amides is 1. The minimum absolute atomic E-state index is 0.368. The predicted octanol–water partition coefficient (Wildman–Crippen LogP) is 4.87. The molecule has 0 atom stereocenters. The number of imidazole rings is 1. The summed E-state index contributed by atoms with van der Waals surface area (Å²) in [7, 11) is 0. The van der Waals surface area contributed by atoms with Gasteiger partial charge >= 0.3 is 5.97 Å². The molecule has 3 aromatic rings. The van der Waals surface area contributed by atoms with Crippen molar-refractivity contribution >= 4 is 46.0 Å². The lowest BCUT2D eigenvalue weighted by atomic mass is 9.95. The fourth-order valence-corrected chi connectivity index (χ4v) is 4.54. The molecular formula is C22H24ClN3O3S. The van der Waals surface area contributed by atoms with Crippen LogP contribution in [0, 0.1) is 0 Å². The zero-order valence-electron chi connectivity index (χ0n) is 17.3. The molecule has 1 heterocycles. The van der Waals surface area contributed by atoms with Gasteiger partial charge in [-0.15, -0.1) is 0 Å². The second-order valence-corrected chi connectivity index (χ2v) is 9.74. The molecule has 2 N–H and O–H groups in total. The first kappa shape index (κ1) is 22.2. The fraction of sp³-hybridized carbons (Fsp3) is 0.318. The van der Waals surface area contributed by atoms with E-state index in [-0.39, 0.29) is 5.91 Å². The van der Waals surface area contributed by atoms with Crippen molar-refractivity contribution in [2.45, 2.75) is 43.5 Å². The molecule has 1 aromatic heterocycles. The zero-order chi connectivity index (χ0) is 22.1. The highest BCUT2D eigenvalue weighted by Crippen LogP contribution is 2.38. The largest absolute Gasteiger partial charge is 0.480 e. The molecule has 0 bridgehead atoms. The Kier molecular flexibility index (Phi) is 6.43. The number of thioether (sulfide) groups is 1. The average Bonchev–Trinajstić information content (AvgIpc) is 3.04. The Labute approximate surface area is 184 Å². The van der Waals surface area contributed by atoms with E-state index in [0.717, 1.165) is 16.5 Å². The molecule has 0 radical (unpaired) electrons. The molecule has 6 nitrogen and oxygen atoms in total. The molecule has 1 amide bonds. The zero-order valence-corrected chi connectivity index (χ0v) is 18.8. The molecule has 0 fully saturated rings. The van der Waals surface area contributed by atoms with Gasteiger partial charge in [-0.2, -0.15) is 0 Å². The topological polar surface area (TPSA) is 84.2 Å². The van der Waals surface area contributed by atoms with E-state index in [2.05, 4.69) is 36.3 Å². The van der Waals surface area contributed by atoms with Gasteiger partial charge in [0.15, 0.2) is 5.16 Å². The second-order valence-electron chi connectivity index (χ2n) is 7.76. The average molecular weight is 446 g/mol. The van der Waals surface area contributed by atoms with Crippen LogP contribution in [0.1, 0.15) is 39.2 Å². The van der Waals surface area contributed by atoms with Crippen LogP contribution in [0.2, 0.25) is 5.15 Å². The Balaban J connectivity index is 2.04. The normalized spacial score (nSPS) is 11.8. The minimum Gasteiger partial charge on any atom is -0.480 e. The number of hydrogen-bond donors (Lipinski definition) is 2. The van der Waals surface area contributed by atoms with Crippen LogP contribution in [0.3, 0.4) is 0 Å². The van der Waals surface area contributed by atoms with Crippen LogP contribution in [0.15, 0.2) is 47.8 Å². The van der Waals surface area contributed by atoms with Gasteiger partial charge in [0.2, 0.25) is 5.91 Å². The van der Waals surface area contributed by atoms with Gasteiger partial charge in [-0.1, -0.05) is 67.5 Å². The van der Waals surface area contributed by atoms with Gasteiger partial charge in [0.25, 0.3) is 0 Å². The van der Waals surface area contributed by atoms with Crippen LogP contribution in [0.25, 0.3) is 16.5 Å². The third kappa shape index (κ3) is 4.47. The first-order valence-corrected chi connectivity index (χ1v) is 10.8. The summed E-state index contributed by atoms with van der Waals surface area (Å²) >= 11 is 7.73. The number of aromatic nitrogens is 2. The van der Waals surface area contributed by atoms with Crippen LogP contribution < -0.4 is 5.32 Å². The summed E-state index contributed by atoms with van der Waals surface area (Å²) < 4.78 is 0.875. The number of hydrogen-bond acceptors (Lipinski definition) is 4. The highest BCUT2D eigenvalue weighted by Gasteiger charge is 2.32. The van der Waals surface area contributed by atoms with Crippen LogP contribution in [0.4, 0.5) is 0 Å². The molecule has 30 heavy (non-hydrogen) atoms. The van der Waals surface area contributed by atoms with E-state index in [9.17, 15) is 9.59 Å². The first-order chi connectivity index (χ1) is 14.1. The van der Waals surface area contributed by atoms with Crippen molar-refractivity contribution in [3.63, 3.8) is 0 Å². The van der Waals surface area contributed by atoms with Crippen molar-refractivity contribution in [1.82, 2.24) is 14.9 Å². The number of carbonyl (C=O) groups excluding carboxylic acids is 1. The highest BCUT2D eigenvalue weighted by atomic mass is 35.5. The number of benzene rings is 2. The number of carboxylic acid groups (broad SMARTS) is 1. The third-order valence-electron chi connectivity index (χ3n) is 4.78. The number of carbonyl (C=O) groups is 2. The lowest BCUT2D eigenvalue weighted by Gasteiger charge is -2.23. The predicted molar refractivity (Wildman–Crippen MR) is 121 cm³/mol. The fourth-order valence-electron chi connectivity index (χ4n) is 3.25. The summed E-state index contributed by atoms with van der Waals surface area (Å²) in [6.45, 7) is 7.33. The van der Waals surface area contributed by atoms with Crippen molar-refractivity contribution in [2.75, 3.05) is 6.54 Å². The third-order valence-corrected chi connectivity index (χ3v) is 6.21. The summed E-state index contributed by atoms with van der Waals surface area (Å²) in [5.74, 6) is -1.11. The maximum Gasteiger partial charge on any atom is 0.322 e. The molecule has 0 aliphatic rings. The van der Waals surface area contributed by atoms with Gasteiger partial charge in [0.05, 0.1) is 16.6 Å². The molecular weight excluding hydrogens is 422 g/mol. The van der Waals surface area contributed by atoms with Crippen LogP contribution in [-0.4, -0.2) is 37.8 Å². The molecule has 0 saturated carbocycles. The molecule has 158 valence electrons. The van der Waals surface area contributed by atoms with Crippen LogP contribution in [0.5, 0.6) is 0 Å². The van der Waals surface area contributed by atoms with Gasteiger partial charge in [0, 0.05) is 5.39 Å². The maximum atomic E-state index is 12.5. The van der Waals surface area contributed by atoms with E-state index in [1.54, 1.807) is 20.0 Å². The van der Waals surface area contributed by atoms with Crippen LogP contribution >= 0.6 is 23.4 Å². The molecule has 0 aliphatic carbocycles. The number of nitrogens with one attached hydrogen (secondary N) is 1. The lowest BCUT2D eigenvalue weighted by molar-refractivity contribution is -0.138. The van der Waals surface area contributed by atoms with Crippen molar-refractivity contribution < 1.29 is 14.7 Å². The van der Waals surface area contributed by atoms with E-state index < -0.39 is 17.3 Å². The number of carboxylic acids is 1. The number of nitrogens with zero attached hydrogens (tertiary/aromatic N) is 2. The van der Waals surface area contributed by atoms with Gasteiger partial charge in [-0.25, -0.2) is 4.98 Å². The van der Waals surface area contributed by atoms with E-state index in [0.29, 0.717) is 16.2 Å². The Morgan fingerprint density at radius 3 is 2.50 bits per heavy atom. The Bertz CT molecular complexity index is 1110.